The molecule has 3 nitrogen and oxygen atoms in total. The minimum Gasteiger partial charge on any atom is -0.394 e. The van der Waals surface area contributed by atoms with Crippen LogP contribution in [0.1, 0.15) is 37.8 Å². The molecule has 1 aliphatic rings. The summed E-state index contributed by atoms with van der Waals surface area (Å²) >= 11 is 0. The van der Waals surface area contributed by atoms with Gasteiger partial charge in [-0.15, -0.1) is 0 Å². The van der Waals surface area contributed by atoms with Gasteiger partial charge in [0.15, 0.2) is 0 Å². The van der Waals surface area contributed by atoms with Crippen molar-refractivity contribution in [1.29, 1.82) is 0 Å². The molecule has 1 atom stereocenters. The van der Waals surface area contributed by atoms with Crippen LogP contribution in [0, 0.1) is 19.8 Å². The molecule has 1 fully saturated rings. The Bertz CT molecular complexity index is 462. The average molecular weight is 290 g/mol. The number of likely N-dealkylation sites (N-methyl/N-ethyl adjacent to an activating group) is 1. The van der Waals surface area contributed by atoms with E-state index in [1.807, 2.05) is 0 Å². The molecule has 0 radical (unpaired) electrons. The number of rotatable bonds is 7. The van der Waals surface area contributed by atoms with Gasteiger partial charge < -0.3 is 15.3 Å². The van der Waals surface area contributed by atoms with Crippen molar-refractivity contribution < 1.29 is 5.11 Å². The summed E-state index contributed by atoms with van der Waals surface area (Å²) in [5, 5.41) is 13.7. The van der Waals surface area contributed by atoms with E-state index in [4.69, 9.17) is 0 Å². The van der Waals surface area contributed by atoms with E-state index in [1.165, 1.54) is 29.7 Å². The summed E-state index contributed by atoms with van der Waals surface area (Å²) in [5.74, 6) is 0.596. The van der Waals surface area contributed by atoms with Crippen molar-refractivity contribution in [2.24, 2.45) is 5.92 Å². The SMILES string of the molecule is Cc1cc(C)cc(N(C)CC(CO)(NC(C)C)C2CC2)c1. The largest absolute Gasteiger partial charge is 0.394 e. The summed E-state index contributed by atoms with van der Waals surface area (Å²) in [6.07, 6.45) is 2.45. The second-order valence-corrected chi connectivity index (χ2v) is 7.09. The van der Waals surface area contributed by atoms with Gasteiger partial charge in [-0.1, -0.05) is 19.9 Å². The first-order valence-corrected chi connectivity index (χ1v) is 8.04. The molecule has 3 heteroatoms. The van der Waals surface area contributed by atoms with Crippen LogP contribution in [-0.2, 0) is 0 Å². The number of aryl methyl sites for hydroxylation is 2. The molecule has 118 valence electrons. The molecule has 0 spiro atoms. The standard InChI is InChI=1S/C18H30N2O/c1-13(2)19-18(12-21,16-6-7-16)11-20(5)17-9-14(3)8-15(4)10-17/h8-10,13,16,19,21H,6-7,11-12H2,1-5H3. The molecule has 1 unspecified atom stereocenters. The average Bonchev–Trinajstić information content (AvgIpc) is 3.20. The highest BCUT2D eigenvalue weighted by atomic mass is 16.3. The van der Waals surface area contributed by atoms with Gasteiger partial charge in [-0.05, 0) is 55.9 Å². The molecule has 1 aromatic rings. The quantitative estimate of drug-likeness (QED) is 0.810. The van der Waals surface area contributed by atoms with Gasteiger partial charge in [-0.2, -0.15) is 0 Å². The summed E-state index contributed by atoms with van der Waals surface area (Å²) in [6.45, 7) is 9.63. The van der Waals surface area contributed by atoms with Crippen LogP contribution in [0.25, 0.3) is 0 Å². The maximum Gasteiger partial charge on any atom is 0.0633 e. The Morgan fingerprint density at radius 2 is 1.81 bits per heavy atom. The Morgan fingerprint density at radius 1 is 1.24 bits per heavy atom. The molecular formula is C18H30N2O. The first-order chi connectivity index (χ1) is 9.86. The van der Waals surface area contributed by atoms with Crippen LogP contribution in [0.15, 0.2) is 18.2 Å². The molecule has 0 aromatic heterocycles. The maximum atomic E-state index is 10.1. The Balaban J connectivity index is 2.19. The van der Waals surface area contributed by atoms with Crippen molar-refractivity contribution in [3.05, 3.63) is 29.3 Å². The molecule has 1 aliphatic carbocycles. The first kappa shape index (κ1) is 16.3. The lowest BCUT2D eigenvalue weighted by Gasteiger charge is -2.39. The van der Waals surface area contributed by atoms with Gasteiger partial charge in [0, 0.05) is 25.3 Å². The van der Waals surface area contributed by atoms with Crippen LogP contribution in [0.5, 0.6) is 0 Å². The number of aliphatic hydroxyl groups excluding tert-OH is 1. The summed E-state index contributed by atoms with van der Waals surface area (Å²) < 4.78 is 0. The van der Waals surface area contributed by atoms with Gasteiger partial charge in [-0.3, -0.25) is 0 Å². The number of hydrogen-bond acceptors (Lipinski definition) is 3. The van der Waals surface area contributed by atoms with Crippen molar-refractivity contribution in [3.63, 3.8) is 0 Å². The van der Waals surface area contributed by atoms with Gasteiger partial charge in [0.2, 0.25) is 0 Å². The number of aliphatic hydroxyl groups is 1. The summed E-state index contributed by atoms with van der Waals surface area (Å²) in [4.78, 5) is 2.28. The number of nitrogens with zero attached hydrogens (tertiary/aromatic N) is 1. The van der Waals surface area contributed by atoms with E-state index < -0.39 is 0 Å². The monoisotopic (exact) mass is 290 g/mol. The zero-order valence-electron chi connectivity index (χ0n) is 14.1. The molecule has 0 bridgehead atoms. The van der Waals surface area contributed by atoms with Crippen LogP contribution < -0.4 is 10.2 Å². The van der Waals surface area contributed by atoms with Gasteiger partial charge in [0.1, 0.15) is 0 Å². The Labute approximate surface area is 129 Å². The third-order valence-corrected chi connectivity index (χ3v) is 4.38. The van der Waals surface area contributed by atoms with Crippen molar-refractivity contribution in [1.82, 2.24) is 5.32 Å². The van der Waals surface area contributed by atoms with Gasteiger partial charge in [0.05, 0.1) is 12.1 Å². The van der Waals surface area contributed by atoms with Gasteiger partial charge in [-0.25, -0.2) is 0 Å². The van der Waals surface area contributed by atoms with Crippen LogP contribution in [-0.4, -0.2) is 36.9 Å². The summed E-state index contributed by atoms with van der Waals surface area (Å²) in [5.41, 5.74) is 3.63. The number of benzene rings is 1. The second kappa shape index (κ2) is 6.37. The van der Waals surface area contributed by atoms with Gasteiger partial charge in [0.25, 0.3) is 0 Å². The van der Waals surface area contributed by atoms with E-state index in [-0.39, 0.29) is 12.1 Å². The fourth-order valence-corrected chi connectivity index (χ4v) is 3.41. The van der Waals surface area contributed by atoms with Crippen molar-refractivity contribution >= 4 is 5.69 Å². The second-order valence-electron chi connectivity index (χ2n) is 7.09. The van der Waals surface area contributed by atoms with Crippen LogP contribution in [0.3, 0.4) is 0 Å². The Hall–Kier alpha value is -1.06. The molecule has 21 heavy (non-hydrogen) atoms. The number of anilines is 1. The molecule has 2 N–H and O–H groups in total. The molecule has 2 rings (SSSR count). The number of nitrogens with one attached hydrogen (secondary N) is 1. The van der Waals surface area contributed by atoms with Crippen LogP contribution >= 0.6 is 0 Å². The lowest BCUT2D eigenvalue weighted by atomic mass is 9.92. The predicted molar refractivity (Wildman–Crippen MR) is 90.0 cm³/mol. The molecule has 0 heterocycles. The van der Waals surface area contributed by atoms with E-state index in [0.717, 1.165) is 6.54 Å². The maximum absolute atomic E-state index is 10.1. The van der Waals surface area contributed by atoms with E-state index in [1.54, 1.807) is 0 Å². The third-order valence-electron chi connectivity index (χ3n) is 4.38. The molecule has 1 saturated carbocycles. The fourth-order valence-electron chi connectivity index (χ4n) is 3.41. The first-order valence-electron chi connectivity index (χ1n) is 8.04. The highest BCUT2D eigenvalue weighted by molar-refractivity contribution is 5.50. The number of hydrogen-bond donors (Lipinski definition) is 2. The van der Waals surface area contributed by atoms with Gasteiger partial charge >= 0.3 is 0 Å². The topological polar surface area (TPSA) is 35.5 Å². The molecule has 0 amide bonds. The highest BCUT2D eigenvalue weighted by Crippen LogP contribution is 2.40. The normalized spacial score (nSPS) is 17.9. The van der Waals surface area contributed by atoms with Crippen molar-refractivity contribution in [2.45, 2.75) is 52.1 Å². The lowest BCUT2D eigenvalue weighted by molar-refractivity contribution is 0.136. The molecule has 0 aliphatic heterocycles. The van der Waals surface area contributed by atoms with Crippen LogP contribution in [0.2, 0.25) is 0 Å². The van der Waals surface area contributed by atoms with Crippen molar-refractivity contribution in [2.75, 3.05) is 25.1 Å². The smallest absolute Gasteiger partial charge is 0.0633 e. The Kier molecular flexibility index (Phi) is 4.95. The zero-order chi connectivity index (χ0) is 15.6. The molecule has 1 aromatic carbocycles. The summed E-state index contributed by atoms with van der Waals surface area (Å²) in [7, 11) is 2.13. The fraction of sp³-hybridized carbons (Fsp3) is 0.667. The van der Waals surface area contributed by atoms with E-state index in [9.17, 15) is 5.11 Å². The predicted octanol–water partition coefficient (Wildman–Crippen LogP) is 2.88. The zero-order valence-corrected chi connectivity index (χ0v) is 14.1. The van der Waals surface area contributed by atoms with E-state index in [2.05, 4.69) is 63.2 Å². The van der Waals surface area contributed by atoms with E-state index in [0.29, 0.717) is 12.0 Å². The minimum absolute atomic E-state index is 0.180. The minimum atomic E-state index is -0.180. The van der Waals surface area contributed by atoms with Crippen molar-refractivity contribution in [3.8, 4) is 0 Å². The highest BCUT2D eigenvalue weighted by Gasteiger charge is 2.45. The molecule has 0 saturated heterocycles. The summed E-state index contributed by atoms with van der Waals surface area (Å²) in [6, 6.07) is 7.02. The Morgan fingerprint density at radius 3 is 2.24 bits per heavy atom. The van der Waals surface area contributed by atoms with Crippen LogP contribution in [0.4, 0.5) is 5.69 Å². The van der Waals surface area contributed by atoms with E-state index >= 15 is 0 Å². The lowest BCUT2D eigenvalue weighted by Crippen LogP contribution is -2.59. The third kappa shape index (κ3) is 3.98. The molecular weight excluding hydrogens is 260 g/mol.